The Bertz CT molecular complexity index is 1030. The van der Waals surface area contributed by atoms with Crippen LogP contribution in [-0.2, 0) is 37.9 Å². The molecule has 0 spiro atoms. The van der Waals surface area contributed by atoms with E-state index < -0.39 is 0 Å². The van der Waals surface area contributed by atoms with Crippen molar-refractivity contribution in [1.82, 2.24) is 42.5 Å². The maximum Gasteiger partial charge on any atom is 0.0967 e. The fourth-order valence-electron chi connectivity index (χ4n) is 5.33. The lowest BCUT2D eigenvalue weighted by Crippen LogP contribution is -2.21. The van der Waals surface area contributed by atoms with E-state index in [1.54, 1.807) is 0 Å². The predicted molar refractivity (Wildman–Crippen MR) is 318 cm³/mol. The van der Waals surface area contributed by atoms with Gasteiger partial charge in [-0.2, -0.15) is 0 Å². The predicted octanol–water partition coefficient (Wildman–Crippen LogP) is 9.82. The Labute approximate surface area is 458 Å². The molecule has 0 heterocycles. The Kier molecular flexibility index (Phi) is 93.5. The van der Waals surface area contributed by atoms with Gasteiger partial charge in [0.1, 0.15) is 0 Å². The summed E-state index contributed by atoms with van der Waals surface area (Å²) in [5.74, 6) is 1.32. The molecule has 8 N–H and O–H groups in total. The summed E-state index contributed by atoms with van der Waals surface area (Å²) < 4.78 is 42.7. The van der Waals surface area contributed by atoms with Crippen LogP contribution in [0.4, 0.5) is 0 Å². The van der Waals surface area contributed by atoms with Gasteiger partial charge < -0.3 is 37.9 Å². The molecule has 0 amide bonds. The molecule has 0 bridgehead atoms. The second-order valence-corrected chi connectivity index (χ2v) is 17.5. The van der Waals surface area contributed by atoms with Crippen LogP contribution < -0.4 is 42.5 Å². The van der Waals surface area contributed by atoms with E-state index in [-0.39, 0.29) is 0 Å². The molecule has 0 aromatic heterocycles. The average Bonchev–Trinajstić information content (AvgIpc) is 3.40. The molecule has 0 aliphatic rings. The first-order valence-electron chi connectivity index (χ1n) is 29.2. The lowest BCUT2D eigenvalue weighted by molar-refractivity contribution is 0.0891. The first-order valence-corrected chi connectivity index (χ1v) is 29.2. The Hall–Kier alpha value is -1.68. The molecular formula is C58H126N8O8. The highest BCUT2D eigenvalue weighted by atomic mass is 16.5. The van der Waals surface area contributed by atoms with E-state index in [0.717, 1.165) is 131 Å². The maximum atomic E-state index is 5.55. The van der Waals surface area contributed by atoms with Gasteiger partial charge in [-0.25, -0.2) is 0 Å². The molecule has 0 saturated carbocycles. The zero-order valence-corrected chi connectivity index (χ0v) is 50.5. The molecule has 446 valence electrons. The third kappa shape index (κ3) is 96.0. The second-order valence-electron chi connectivity index (χ2n) is 17.5. The first-order chi connectivity index (χ1) is 36.4. The molecular weight excluding hydrogens is 937 g/mol. The van der Waals surface area contributed by atoms with Crippen LogP contribution in [0.15, 0.2) is 48.6 Å². The number of unbranched alkanes of at least 4 members (excludes halogenated alkanes) is 3. The molecule has 0 aromatic carbocycles. The topological polar surface area (TPSA) is 170 Å². The lowest BCUT2D eigenvalue weighted by atomic mass is 10.1. The van der Waals surface area contributed by atoms with Gasteiger partial charge in [-0.3, -0.25) is 42.5 Å². The van der Waals surface area contributed by atoms with Crippen molar-refractivity contribution in [2.24, 2.45) is 11.8 Å². The summed E-state index contributed by atoms with van der Waals surface area (Å²) >= 11 is 0. The molecule has 16 nitrogen and oxygen atoms in total. The number of ether oxygens (including phenoxy) is 8. The highest BCUT2D eigenvalue weighted by molar-refractivity contribution is 4.87. The van der Waals surface area contributed by atoms with E-state index >= 15 is 0 Å². The number of hydrogen-bond donors (Lipinski definition) is 8. The minimum absolute atomic E-state index is 0.618. The standard InChI is InChI=1S/C16H34N2O2.C14H30N2O2.C13H28N2O2.C11H24N2O2.C4H10/c1-4-6-12-19-14-17-10-7-8-11-18-15-20-13-16(3)9-5-2;1-4-8-14(3)11-18-13-16-10-7-6-9-15-12-17-5-2;1-3-5-11-17-13-15-9-7-6-8-14-12-16-10-4-2;1-3-9-15-11-13-8-6-5-7-12-10-14-4-2;1-3-4-2/h7-8,16-18H,4-6,9-15H2,1-3H3;6-7,14-16H,4-5,8-13H2,1-3H3;6-7,14-15H,3-5,8-13H2,1-2H3;5-6,12-13H,3-4,7-11H2,1-2H3;3-4H2,1-2H3. The summed E-state index contributed by atoms with van der Waals surface area (Å²) in [7, 11) is 0. The van der Waals surface area contributed by atoms with Gasteiger partial charge in [-0.15, -0.1) is 0 Å². The molecule has 0 saturated heterocycles. The fourth-order valence-corrected chi connectivity index (χ4v) is 5.33. The van der Waals surface area contributed by atoms with Crippen LogP contribution in [0.3, 0.4) is 0 Å². The smallest absolute Gasteiger partial charge is 0.0967 e. The van der Waals surface area contributed by atoms with Crippen LogP contribution in [0, 0.1) is 11.8 Å². The molecule has 2 unspecified atom stereocenters. The maximum absolute atomic E-state index is 5.55. The SMILES string of the molecule is CCCC.CCCC(C)COCNCC=CCNCOCC.CCCCOCNCC=CCNCOCC(C)CCC.CCCCOCNCC=CCNCOCCC.CCCOCNCC=CCNCOCC. The van der Waals surface area contributed by atoms with Gasteiger partial charge in [0.2, 0.25) is 0 Å². The van der Waals surface area contributed by atoms with Gasteiger partial charge in [0.05, 0.1) is 67.1 Å². The number of rotatable bonds is 53. The fraction of sp³-hybridized carbons (Fsp3) is 0.862. The molecule has 0 rings (SSSR count). The third-order valence-electron chi connectivity index (χ3n) is 9.65. The average molecular weight is 1060 g/mol. The van der Waals surface area contributed by atoms with Crippen molar-refractivity contribution >= 4 is 0 Å². The van der Waals surface area contributed by atoms with E-state index in [1.807, 2.05) is 13.8 Å². The number of hydrogen-bond acceptors (Lipinski definition) is 16. The van der Waals surface area contributed by atoms with E-state index in [1.165, 1.54) is 51.4 Å². The molecule has 16 heteroatoms. The van der Waals surface area contributed by atoms with Gasteiger partial charge in [-0.1, -0.05) is 156 Å². The van der Waals surface area contributed by atoms with Gasteiger partial charge in [0, 0.05) is 92.0 Å². The first kappa shape index (κ1) is 81.2. The Morgan fingerprint density at radius 2 is 0.514 bits per heavy atom. The summed E-state index contributed by atoms with van der Waals surface area (Å²) in [4.78, 5) is 0. The zero-order chi connectivity index (χ0) is 55.6. The van der Waals surface area contributed by atoms with Crippen LogP contribution in [0.2, 0.25) is 0 Å². The minimum Gasteiger partial charge on any atom is -0.367 e. The van der Waals surface area contributed by atoms with Gasteiger partial charge in [0.15, 0.2) is 0 Å². The second kappa shape index (κ2) is 85.2. The highest BCUT2D eigenvalue weighted by Crippen LogP contribution is 2.05. The molecule has 0 aromatic rings. The van der Waals surface area contributed by atoms with E-state index in [4.69, 9.17) is 37.9 Å². The van der Waals surface area contributed by atoms with Crippen LogP contribution in [0.5, 0.6) is 0 Å². The van der Waals surface area contributed by atoms with Crippen molar-refractivity contribution in [2.75, 3.05) is 159 Å². The normalized spacial score (nSPS) is 12.1. The summed E-state index contributed by atoms with van der Waals surface area (Å²) in [6.45, 7) is 44.1. The zero-order valence-electron chi connectivity index (χ0n) is 50.5. The third-order valence-corrected chi connectivity index (χ3v) is 9.65. The summed E-state index contributed by atoms with van der Waals surface area (Å²) in [5, 5.41) is 25.4. The van der Waals surface area contributed by atoms with Gasteiger partial charge in [0.25, 0.3) is 0 Å². The number of nitrogens with one attached hydrogen (secondary N) is 8. The van der Waals surface area contributed by atoms with Crippen molar-refractivity contribution in [1.29, 1.82) is 0 Å². The monoisotopic (exact) mass is 1060 g/mol. The summed E-state index contributed by atoms with van der Waals surface area (Å²) in [5.41, 5.74) is 0. The molecule has 0 aliphatic heterocycles. The summed E-state index contributed by atoms with van der Waals surface area (Å²) in [6.07, 6.45) is 31.1. The highest BCUT2D eigenvalue weighted by Gasteiger charge is 2.00. The van der Waals surface area contributed by atoms with Gasteiger partial charge in [-0.05, 0) is 64.2 Å². The van der Waals surface area contributed by atoms with E-state index in [0.29, 0.717) is 65.7 Å². The van der Waals surface area contributed by atoms with Crippen LogP contribution in [0.1, 0.15) is 160 Å². The minimum atomic E-state index is 0.618. The van der Waals surface area contributed by atoms with Crippen molar-refractivity contribution < 1.29 is 37.9 Å². The van der Waals surface area contributed by atoms with E-state index in [2.05, 4.69) is 160 Å². The Morgan fingerprint density at radius 1 is 0.270 bits per heavy atom. The molecule has 0 radical (unpaired) electrons. The quantitative estimate of drug-likeness (QED) is 0.0164. The molecule has 0 aliphatic carbocycles. The van der Waals surface area contributed by atoms with Crippen LogP contribution in [0.25, 0.3) is 0 Å². The van der Waals surface area contributed by atoms with Crippen molar-refractivity contribution in [3.63, 3.8) is 0 Å². The van der Waals surface area contributed by atoms with Crippen molar-refractivity contribution in [3.05, 3.63) is 48.6 Å². The Morgan fingerprint density at radius 3 is 0.730 bits per heavy atom. The largest absolute Gasteiger partial charge is 0.367 e. The molecule has 0 fully saturated rings. The Balaban J connectivity index is -0.000000280. The van der Waals surface area contributed by atoms with Crippen molar-refractivity contribution in [2.45, 2.75) is 160 Å². The van der Waals surface area contributed by atoms with Crippen molar-refractivity contribution in [3.8, 4) is 0 Å². The van der Waals surface area contributed by atoms with Gasteiger partial charge >= 0.3 is 0 Å². The summed E-state index contributed by atoms with van der Waals surface area (Å²) in [6, 6.07) is 0. The van der Waals surface area contributed by atoms with E-state index in [9.17, 15) is 0 Å². The van der Waals surface area contributed by atoms with Crippen LogP contribution in [-0.4, -0.2) is 159 Å². The molecule has 2 atom stereocenters. The van der Waals surface area contributed by atoms with Crippen LogP contribution >= 0.6 is 0 Å². The molecule has 74 heavy (non-hydrogen) atoms. The lowest BCUT2D eigenvalue weighted by Gasteiger charge is -2.10.